The molecule has 0 bridgehead atoms. The van der Waals surface area contributed by atoms with Gasteiger partial charge in [0.25, 0.3) is 5.91 Å². The van der Waals surface area contributed by atoms with E-state index >= 15 is 0 Å². The van der Waals surface area contributed by atoms with Crippen LogP contribution in [0.4, 0.5) is 4.39 Å². The number of nitrogens with zero attached hydrogens (tertiary/aromatic N) is 3. The van der Waals surface area contributed by atoms with E-state index in [0.29, 0.717) is 17.9 Å². The third kappa shape index (κ3) is 4.68. The van der Waals surface area contributed by atoms with Gasteiger partial charge in [0.15, 0.2) is 5.69 Å². The fourth-order valence-electron chi connectivity index (χ4n) is 2.24. The van der Waals surface area contributed by atoms with Crippen molar-refractivity contribution in [1.82, 2.24) is 20.3 Å². The molecule has 1 aromatic carbocycles. The normalized spacial score (nSPS) is 11.1. The van der Waals surface area contributed by atoms with Crippen molar-refractivity contribution in [3.05, 3.63) is 40.4 Å². The number of carbonyl (C=O) groups is 1. The number of aromatic nitrogens is 3. The number of hydrogen-bond donors (Lipinski definition) is 2. The number of benzene rings is 1. The number of nitrogens with one attached hydrogen (secondary N) is 1. The monoisotopic (exact) mass is 389 g/mol. The average Bonchev–Trinajstić information content (AvgIpc) is 2.96. The van der Waals surface area contributed by atoms with Crippen LogP contribution < -0.4 is 11.1 Å². The van der Waals surface area contributed by atoms with Gasteiger partial charge in [0.2, 0.25) is 0 Å². The molecule has 0 spiro atoms. The van der Waals surface area contributed by atoms with Crippen molar-refractivity contribution < 1.29 is 9.18 Å². The highest BCUT2D eigenvalue weighted by atomic mass is 35.5. The van der Waals surface area contributed by atoms with E-state index in [4.69, 9.17) is 17.3 Å². The maximum absolute atomic E-state index is 13.3. The van der Waals surface area contributed by atoms with Crippen LogP contribution in [-0.2, 0) is 0 Å². The van der Waals surface area contributed by atoms with Crippen LogP contribution in [0.1, 0.15) is 42.9 Å². The van der Waals surface area contributed by atoms with E-state index in [1.165, 1.54) is 22.9 Å². The van der Waals surface area contributed by atoms with Crippen molar-refractivity contribution in [2.24, 2.45) is 5.73 Å². The van der Waals surface area contributed by atoms with Gasteiger partial charge in [0.1, 0.15) is 5.82 Å². The zero-order valence-corrected chi connectivity index (χ0v) is 15.9. The van der Waals surface area contributed by atoms with Crippen LogP contribution in [0.3, 0.4) is 0 Å². The molecule has 0 unspecified atom stereocenters. The molecule has 1 aromatic heterocycles. The zero-order valence-electron chi connectivity index (χ0n) is 14.3. The Labute approximate surface area is 157 Å². The largest absolute Gasteiger partial charge is 0.349 e. The van der Waals surface area contributed by atoms with Crippen molar-refractivity contribution in [3.8, 4) is 5.69 Å². The summed E-state index contributed by atoms with van der Waals surface area (Å²) in [7, 11) is 0. The summed E-state index contributed by atoms with van der Waals surface area (Å²) in [6.45, 7) is 6.03. The van der Waals surface area contributed by atoms with Crippen molar-refractivity contribution in [3.63, 3.8) is 0 Å². The van der Waals surface area contributed by atoms with Crippen LogP contribution in [0.25, 0.3) is 5.69 Å². The summed E-state index contributed by atoms with van der Waals surface area (Å²) in [4.78, 5) is 12.3. The summed E-state index contributed by atoms with van der Waals surface area (Å²) in [6.07, 6.45) is 1.51. The van der Waals surface area contributed by atoms with Gasteiger partial charge in [-0.25, -0.2) is 9.07 Å². The molecule has 0 radical (unpaired) electrons. The molecule has 138 valence electrons. The van der Waals surface area contributed by atoms with Gasteiger partial charge >= 0.3 is 0 Å². The van der Waals surface area contributed by atoms with Gasteiger partial charge in [-0.15, -0.1) is 17.5 Å². The first kappa shape index (κ1) is 21.3. The second kappa shape index (κ2) is 8.60. The van der Waals surface area contributed by atoms with Gasteiger partial charge < -0.3 is 11.1 Å². The van der Waals surface area contributed by atoms with E-state index in [-0.39, 0.29) is 29.0 Å². The highest BCUT2D eigenvalue weighted by molar-refractivity contribution is 6.30. The number of carbonyl (C=O) groups excluding carboxylic acids is 1. The van der Waals surface area contributed by atoms with Crippen molar-refractivity contribution >= 4 is 29.9 Å². The van der Waals surface area contributed by atoms with E-state index in [1.807, 2.05) is 13.8 Å². The molecule has 6 nitrogen and oxygen atoms in total. The molecule has 0 saturated carbocycles. The average molecular weight is 390 g/mol. The Morgan fingerprint density at radius 2 is 2.04 bits per heavy atom. The molecule has 0 atom stereocenters. The fourth-order valence-corrected chi connectivity index (χ4v) is 2.42. The Balaban J connectivity index is 0.00000312. The van der Waals surface area contributed by atoms with Gasteiger partial charge in [0, 0.05) is 12.1 Å². The molecule has 0 aliphatic heterocycles. The number of nitrogens with two attached hydrogens (primary N) is 1. The maximum Gasteiger partial charge on any atom is 0.273 e. The standard InChI is InChI=1S/C16H21ClFN5O.ClH/c1-4-16(19,5-2)9-20-15(24)14-10(3)23(22-21-14)11-6-7-13(18)12(17)8-11;/h6-8H,4-5,9,19H2,1-3H3,(H,20,24);1H. The van der Waals surface area contributed by atoms with Crippen molar-refractivity contribution in [2.45, 2.75) is 39.2 Å². The molecule has 9 heteroatoms. The lowest BCUT2D eigenvalue weighted by Crippen LogP contribution is -2.49. The van der Waals surface area contributed by atoms with E-state index in [0.717, 1.165) is 12.8 Å². The molecule has 1 amide bonds. The summed E-state index contributed by atoms with van der Waals surface area (Å²) in [5.74, 6) is -0.863. The molecule has 3 N–H and O–H groups in total. The fraction of sp³-hybridized carbons (Fsp3) is 0.438. The Bertz CT molecular complexity index is 746. The molecule has 0 fully saturated rings. The molecule has 1 heterocycles. The maximum atomic E-state index is 13.3. The minimum atomic E-state index is -0.519. The first-order valence-corrected chi connectivity index (χ1v) is 8.14. The number of rotatable bonds is 6. The second-order valence-corrected chi connectivity index (χ2v) is 6.19. The predicted octanol–water partition coefficient (Wildman–Crippen LogP) is 3.04. The van der Waals surface area contributed by atoms with E-state index in [9.17, 15) is 9.18 Å². The van der Waals surface area contributed by atoms with E-state index in [2.05, 4.69) is 15.6 Å². The van der Waals surface area contributed by atoms with Crippen LogP contribution in [0.5, 0.6) is 0 Å². The summed E-state index contributed by atoms with van der Waals surface area (Å²) in [6, 6.07) is 4.19. The van der Waals surface area contributed by atoms with Crippen LogP contribution in [0, 0.1) is 12.7 Å². The lowest BCUT2D eigenvalue weighted by Gasteiger charge is -2.26. The van der Waals surface area contributed by atoms with E-state index in [1.54, 1.807) is 6.92 Å². The SMILES string of the molecule is CCC(N)(CC)CNC(=O)c1nnn(-c2ccc(F)c(Cl)c2)c1C.Cl. The highest BCUT2D eigenvalue weighted by Gasteiger charge is 2.23. The lowest BCUT2D eigenvalue weighted by molar-refractivity contribution is 0.0936. The summed E-state index contributed by atoms with van der Waals surface area (Å²) in [5, 5.41) is 10.7. The first-order valence-electron chi connectivity index (χ1n) is 7.76. The third-order valence-corrected chi connectivity index (χ3v) is 4.56. The first-order chi connectivity index (χ1) is 11.3. The molecule has 0 aliphatic rings. The minimum absolute atomic E-state index is 0. The minimum Gasteiger partial charge on any atom is -0.349 e. The molecule has 0 aliphatic carbocycles. The summed E-state index contributed by atoms with van der Waals surface area (Å²) in [5.41, 5.74) is 7.00. The molecular formula is C16H22Cl2FN5O. The van der Waals surface area contributed by atoms with Crippen LogP contribution in [0.15, 0.2) is 18.2 Å². The van der Waals surface area contributed by atoms with Gasteiger partial charge in [-0.2, -0.15) is 0 Å². The molecule has 2 aromatic rings. The van der Waals surface area contributed by atoms with Crippen LogP contribution in [0.2, 0.25) is 5.02 Å². The Morgan fingerprint density at radius 1 is 1.40 bits per heavy atom. The second-order valence-electron chi connectivity index (χ2n) is 5.79. The van der Waals surface area contributed by atoms with Crippen LogP contribution in [-0.4, -0.2) is 33.0 Å². The van der Waals surface area contributed by atoms with Gasteiger partial charge in [-0.05, 0) is 38.0 Å². The van der Waals surface area contributed by atoms with Gasteiger partial charge in [-0.1, -0.05) is 30.7 Å². The summed E-state index contributed by atoms with van der Waals surface area (Å²) >= 11 is 5.79. The third-order valence-electron chi connectivity index (χ3n) is 4.27. The quantitative estimate of drug-likeness (QED) is 0.794. The van der Waals surface area contributed by atoms with Gasteiger partial charge in [-0.3, -0.25) is 4.79 Å². The van der Waals surface area contributed by atoms with Crippen molar-refractivity contribution in [1.29, 1.82) is 0 Å². The molecule has 0 saturated heterocycles. The number of amides is 1. The van der Waals surface area contributed by atoms with E-state index < -0.39 is 11.4 Å². The van der Waals surface area contributed by atoms with Crippen molar-refractivity contribution in [2.75, 3.05) is 6.54 Å². The zero-order chi connectivity index (χ0) is 17.9. The Morgan fingerprint density at radius 3 is 2.60 bits per heavy atom. The number of halogens is 3. The Kier molecular flexibility index (Phi) is 7.34. The Hall–Kier alpha value is -1.70. The predicted molar refractivity (Wildman–Crippen MR) is 98.1 cm³/mol. The molecule has 2 rings (SSSR count). The number of hydrogen-bond acceptors (Lipinski definition) is 4. The highest BCUT2D eigenvalue weighted by Crippen LogP contribution is 2.20. The van der Waals surface area contributed by atoms with Crippen LogP contribution >= 0.6 is 24.0 Å². The smallest absolute Gasteiger partial charge is 0.273 e. The topological polar surface area (TPSA) is 85.8 Å². The molecule has 25 heavy (non-hydrogen) atoms. The van der Waals surface area contributed by atoms with Gasteiger partial charge in [0.05, 0.1) is 16.4 Å². The summed E-state index contributed by atoms with van der Waals surface area (Å²) < 4.78 is 14.7. The molecular weight excluding hydrogens is 368 g/mol. The lowest BCUT2D eigenvalue weighted by atomic mass is 9.94.